The molecule has 3 nitrogen and oxygen atoms in total. The monoisotopic (exact) mass is 249 g/mol. The third kappa shape index (κ3) is 3.49. The molecule has 3 heteroatoms. The second kappa shape index (κ2) is 6.43. The van der Waals surface area contributed by atoms with Crippen molar-refractivity contribution in [2.75, 3.05) is 6.61 Å². The molecule has 0 aliphatic carbocycles. The maximum Gasteiger partial charge on any atom is 0.254 e. The summed E-state index contributed by atoms with van der Waals surface area (Å²) in [7, 11) is 0. The van der Waals surface area contributed by atoms with E-state index < -0.39 is 0 Å². The van der Waals surface area contributed by atoms with Crippen molar-refractivity contribution < 1.29 is 9.53 Å². The van der Waals surface area contributed by atoms with E-state index in [0.29, 0.717) is 12.2 Å². The molecule has 18 heavy (non-hydrogen) atoms. The number of hydrogen-bond acceptors (Lipinski definition) is 2. The highest BCUT2D eigenvalue weighted by Crippen LogP contribution is 2.16. The van der Waals surface area contributed by atoms with Gasteiger partial charge in [-0.3, -0.25) is 4.79 Å². The highest BCUT2D eigenvalue weighted by Gasteiger charge is 2.21. The van der Waals surface area contributed by atoms with Crippen molar-refractivity contribution in [1.82, 2.24) is 4.90 Å². The second-order valence-electron chi connectivity index (χ2n) is 4.86. The van der Waals surface area contributed by atoms with Crippen LogP contribution >= 0.6 is 0 Å². The molecule has 1 aromatic rings. The Labute approximate surface area is 110 Å². The van der Waals surface area contributed by atoms with Crippen LogP contribution in [0.25, 0.3) is 0 Å². The summed E-state index contributed by atoms with van der Waals surface area (Å²) in [6, 6.07) is 7.73. The van der Waals surface area contributed by atoms with Gasteiger partial charge >= 0.3 is 0 Å². The third-order valence-corrected chi connectivity index (χ3v) is 2.76. The van der Waals surface area contributed by atoms with Gasteiger partial charge in [-0.25, -0.2) is 0 Å². The number of benzene rings is 1. The summed E-state index contributed by atoms with van der Waals surface area (Å²) in [6.07, 6.45) is 0. The van der Waals surface area contributed by atoms with Gasteiger partial charge in [-0.1, -0.05) is 0 Å². The van der Waals surface area contributed by atoms with Crippen LogP contribution in [0.15, 0.2) is 24.3 Å². The van der Waals surface area contributed by atoms with Gasteiger partial charge in [-0.05, 0) is 58.9 Å². The molecule has 0 atom stereocenters. The summed E-state index contributed by atoms with van der Waals surface area (Å²) >= 11 is 0. The Morgan fingerprint density at radius 1 is 1.11 bits per heavy atom. The minimum atomic E-state index is 0.0723. The predicted molar refractivity (Wildman–Crippen MR) is 74.1 cm³/mol. The summed E-state index contributed by atoms with van der Waals surface area (Å²) < 4.78 is 5.37. The van der Waals surface area contributed by atoms with E-state index in [4.69, 9.17) is 4.74 Å². The Hall–Kier alpha value is -1.51. The van der Waals surface area contributed by atoms with Crippen molar-refractivity contribution in [3.05, 3.63) is 29.8 Å². The molecule has 0 saturated heterocycles. The van der Waals surface area contributed by atoms with Gasteiger partial charge in [0.1, 0.15) is 5.75 Å². The SMILES string of the molecule is CCOc1ccc(C(=O)N(C(C)C)C(C)C)cc1. The first kappa shape index (κ1) is 14.6. The van der Waals surface area contributed by atoms with Crippen molar-refractivity contribution in [1.29, 1.82) is 0 Å². The Bertz CT molecular complexity index is 374. The topological polar surface area (TPSA) is 29.5 Å². The van der Waals surface area contributed by atoms with Crippen molar-refractivity contribution in [2.45, 2.75) is 46.7 Å². The van der Waals surface area contributed by atoms with Gasteiger partial charge < -0.3 is 9.64 Å². The minimum Gasteiger partial charge on any atom is -0.494 e. The average Bonchev–Trinajstić information content (AvgIpc) is 2.29. The maximum absolute atomic E-state index is 12.4. The summed E-state index contributed by atoms with van der Waals surface area (Å²) in [5, 5.41) is 0. The largest absolute Gasteiger partial charge is 0.494 e. The van der Waals surface area contributed by atoms with Crippen molar-refractivity contribution >= 4 is 5.91 Å². The first-order chi connectivity index (χ1) is 8.47. The molecule has 0 unspecified atom stereocenters. The molecule has 1 aromatic carbocycles. The Kier molecular flexibility index (Phi) is 5.20. The zero-order valence-corrected chi connectivity index (χ0v) is 11.9. The van der Waals surface area contributed by atoms with E-state index in [-0.39, 0.29) is 18.0 Å². The number of amides is 1. The molecule has 0 bridgehead atoms. The third-order valence-electron chi connectivity index (χ3n) is 2.76. The van der Waals surface area contributed by atoms with Gasteiger partial charge in [-0.15, -0.1) is 0 Å². The molecular weight excluding hydrogens is 226 g/mol. The van der Waals surface area contributed by atoms with Crippen LogP contribution in [0.1, 0.15) is 45.0 Å². The summed E-state index contributed by atoms with van der Waals surface area (Å²) in [5.41, 5.74) is 0.709. The van der Waals surface area contributed by atoms with E-state index in [1.165, 1.54) is 0 Å². The highest BCUT2D eigenvalue weighted by atomic mass is 16.5. The maximum atomic E-state index is 12.4. The van der Waals surface area contributed by atoms with Crippen LogP contribution in [-0.2, 0) is 0 Å². The van der Waals surface area contributed by atoms with Gasteiger partial charge in [0.25, 0.3) is 5.91 Å². The summed E-state index contributed by atoms with van der Waals surface area (Å²) in [6.45, 7) is 10.7. The van der Waals surface area contributed by atoms with Gasteiger partial charge in [0, 0.05) is 17.6 Å². The molecule has 0 aliphatic heterocycles. The minimum absolute atomic E-state index is 0.0723. The number of carbonyl (C=O) groups excluding carboxylic acids is 1. The molecule has 0 saturated carbocycles. The molecule has 1 rings (SSSR count). The van der Waals surface area contributed by atoms with E-state index in [1.807, 2.05) is 63.8 Å². The average molecular weight is 249 g/mol. The predicted octanol–water partition coefficient (Wildman–Crippen LogP) is 3.34. The van der Waals surface area contributed by atoms with Crippen molar-refractivity contribution in [3.8, 4) is 5.75 Å². The summed E-state index contributed by atoms with van der Waals surface area (Å²) in [4.78, 5) is 14.3. The van der Waals surface area contributed by atoms with Gasteiger partial charge in [0.2, 0.25) is 0 Å². The van der Waals surface area contributed by atoms with E-state index in [2.05, 4.69) is 0 Å². The van der Waals surface area contributed by atoms with Crippen LogP contribution < -0.4 is 4.74 Å². The number of carbonyl (C=O) groups is 1. The normalized spacial score (nSPS) is 10.8. The number of rotatable bonds is 5. The van der Waals surface area contributed by atoms with Gasteiger partial charge in [-0.2, -0.15) is 0 Å². The van der Waals surface area contributed by atoms with E-state index in [1.54, 1.807) is 0 Å². The number of hydrogen-bond donors (Lipinski definition) is 0. The molecule has 1 amide bonds. The van der Waals surface area contributed by atoms with Crippen LogP contribution in [0.2, 0.25) is 0 Å². The highest BCUT2D eigenvalue weighted by molar-refractivity contribution is 5.94. The molecule has 100 valence electrons. The molecule has 0 N–H and O–H groups in total. The lowest BCUT2D eigenvalue weighted by Gasteiger charge is -2.30. The molecule has 0 fully saturated rings. The Morgan fingerprint density at radius 2 is 1.61 bits per heavy atom. The van der Waals surface area contributed by atoms with E-state index in [9.17, 15) is 4.79 Å². The quantitative estimate of drug-likeness (QED) is 0.801. The first-order valence-corrected chi connectivity index (χ1v) is 6.52. The number of nitrogens with zero attached hydrogens (tertiary/aromatic N) is 1. The molecular formula is C15H23NO2. The lowest BCUT2D eigenvalue weighted by Crippen LogP contribution is -2.42. The zero-order chi connectivity index (χ0) is 13.7. The standard InChI is InChI=1S/C15H23NO2/c1-6-18-14-9-7-13(8-10-14)15(17)16(11(2)3)12(4)5/h7-12H,6H2,1-5H3. The van der Waals surface area contributed by atoms with Gasteiger partial charge in [0.05, 0.1) is 6.61 Å². The van der Waals surface area contributed by atoms with Crippen LogP contribution in [0, 0.1) is 0 Å². The molecule has 0 spiro atoms. The summed E-state index contributed by atoms with van der Waals surface area (Å²) in [5.74, 6) is 0.873. The Balaban J connectivity index is 2.88. The smallest absolute Gasteiger partial charge is 0.254 e. The van der Waals surface area contributed by atoms with Crippen molar-refractivity contribution in [2.24, 2.45) is 0 Å². The molecule has 0 aromatic heterocycles. The lowest BCUT2D eigenvalue weighted by atomic mass is 10.1. The van der Waals surface area contributed by atoms with Crippen LogP contribution in [0.4, 0.5) is 0 Å². The van der Waals surface area contributed by atoms with E-state index in [0.717, 1.165) is 5.75 Å². The Morgan fingerprint density at radius 3 is 2.00 bits per heavy atom. The van der Waals surface area contributed by atoms with Gasteiger partial charge in [0.15, 0.2) is 0 Å². The van der Waals surface area contributed by atoms with Crippen LogP contribution in [0.3, 0.4) is 0 Å². The zero-order valence-electron chi connectivity index (χ0n) is 11.9. The van der Waals surface area contributed by atoms with E-state index >= 15 is 0 Å². The fraction of sp³-hybridized carbons (Fsp3) is 0.533. The second-order valence-corrected chi connectivity index (χ2v) is 4.86. The van der Waals surface area contributed by atoms with Crippen molar-refractivity contribution in [3.63, 3.8) is 0 Å². The van der Waals surface area contributed by atoms with Crippen LogP contribution in [0.5, 0.6) is 5.75 Å². The fourth-order valence-electron chi connectivity index (χ4n) is 2.07. The first-order valence-electron chi connectivity index (χ1n) is 6.52. The van der Waals surface area contributed by atoms with Crippen LogP contribution in [-0.4, -0.2) is 29.5 Å². The lowest BCUT2D eigenvalue weighted by molar-refractivity contribution is 0.0643. The molecule has 0 radical (unpaired) electrons. The molecule has 0 heterocycles. The fourth-order valence-corrected chi connectivity index (χ4v) is 2.07. The number of ether oxygens (including phenoxy) is 1. The molecule has 0 aliphatic rings.